The third-order valence-electron chi connectivity index (χ3n) is 8.19. The van der Waals surface area contributed by atoms with Crippen molar-refractivity contribution in [1.29, 1.82) is 0 Å². The lowest BCUT2D eigenvalue weighted by Crippen LogP contribution is -2.63. The van der Waals surface area contributed by atoms with Crippen molar-refractivity contribution in [3.63, 3.8) is 0 Å². The minimum Gasteiger partial charge on any atom is -0.481 e. The van der Waals surface area contributed by atoms with E-state index in [0.717, 1.165) is 17.5 Å². The van der Waals surface area contributed by atoms with E-state index in [1.54, 1.807) is 14.2 Å². The van der Waals surface area contributed by atoms with Crippen LogP contribution in [0.2, 0.25) is 0 Å². The summed E-state index contributed by atoms with van der Waals surface area (Å²) in [7, 11) is 3.35. The quantitative estimate of drug-likeness (QED) is 0.581. The fraction of sp³-hybridized carbons (Fsp3) is 0.500. The Hall–Kier alpha value is -2.66. The molecule has 33 heavy (non-hydrogen) atoms. The molecule has 0 aromatic heterocycles. The maximum Gasteiger partial charge on any atom is 0.335 e. The first-order valence-corrected chi connectivity index (χ1v) is 11.7. The molecule has 0 unspecified atom stereocenters. The number of benzene rings is 2. The standard InChI is InChI=1S/C28H35NO4/c1-25(2)26(3,20-31-4)16-17-28(25)23(32-5)29-27(24(30)33-28,18-21-12-8-6-9-13-21)19-22-14-10-7-11-15-22/h6-15H,16-20H2,1-5H3/t26-,28+/m0/s1. The van der Waals surface area contributed by atoms with Crippen LogP contribution in [0, 0.1) is 10.8 Å². The number of rotatable bonds is 6. The SMILES string of the molecule is COC[C@]1(C)CC[C@]2(OC(=O)C(Cc3ccccc3)(Cc3ccccc3)N=C2OC)C1(C)C. The van der Waals surface area contributed by atoms with E-state index in [-0.39, 0.29) is 11.4 Å². The monoisotopic (exact) mass is 449 g/mol. The Morgan fingerprint density at radius 2 is 1.42 bits per heavy atom. The zero-order chi connectivity index (χ0) is 23.7. The Kier molecular flexibility index (Phi) is 6.12. The zero-order valence-corrected chi connectivity index (χ0v) is 20.4. The summed E-state index contributed by atoms with van der Waals surface area (Å²) in [6.45, 7) is 7.06. The van der Waals surface area contributed by atoms with Crippen molar-refractivity contribution in [1.82, 2.24) is 0 Å². The molecule has 5 heteroatoms. The van der Waals surface area contributed by atoms with Crippen molar-refractivity contribution < 1.29 is 19.0 Å². The van der Waals surface area contributed by atoms with Gasteiger partial charge in [0.25, 0.3) is 0 Å². The Balaban J connectivity index is 1.83. The summed E-state index contributed by atoms with van der Waals surface area (Å²) >= 11 is 0. The van der Waals surface area contributed by atoms with Gasteiger partial charge in [-0.3, -0.25) is 0 Å². The van der Waals surface area contributed by atoms with Gasteiger partial charge in [0.1, 0.15) is 0 Å². The maximum absolute atomic E-state index is 14.0. The van der Waals surface area contributed by atoms with E-state index in [1.165, 1.54) is 0 Å². The van der Waals surface area contributed by atoms with Crippen LogP contribution < -0.4 is 0 Å². The van der Waals surface area contributed by atoms with Gasteiger partial charge in [-0.05, 0) is 24.0 Å². The van der Waals surface area contributed by atoms with Gasteiger partial charge >= 0.3 is 5.97 Å². The summed E-state index contributed by atoms with van der Waals surface area (Å²) in [5, 5.41) is 0. The molecule has 5 nitrogen and oxygen atoms in total. The summed E-state index contributed by atoms with van der Waals surface area (Å²) in [6.07, 6.45) is 2.40. The lowest BCUT2D eigenvalue weighted by atomic mass is 9.63. The normalized spacial score (nSPS) is 27.8. The van der Waals surface area contributed by atoms with Crippen LogP contribution in [-0.4, -0.2) is 43.8 Å². The summed E-state index contributed by atoms with van der Waals surface area (Å²) in [5.41, 5.74) is -0.531. The second-order valence-corrected chi connectivity index (χ2v) is 10.3. The third kappa shape index (κ3) is 3.76. The van der Waals surface area contributed by atoms with E-state index in [1.807, 2.05) is 60.7 Å². The molecule has 176 valence electrons. The molecule has 0 amide bonds. The number of carbonyl (C=O) groups is 1. The summed E-state index contributed by atoms with van der Waals surface area (Å²) in [5.74, 6) is 0.226. The van der Waals surface area contributed by atoms with E-state index < -0.39 is 16.6 Å². The van der Waals surface area contributed by atoms with Crippen molar-refractivity contribution in [2.45, 2.75) is 57.6 Å². The van der Waals surface area contributed by atoms with Crippen molar-refractivity contribution in [2.24, 2.45) is 15.8 Å². The van der Waals surface area contributed by atoms with Gasteiger partial charge < -0.3 is 14.2 Å². The predicted molar refractivity (Wildman–Crippen MR) is 129 cm³/mol. The van der Waals surface area contributed by atoms with Gasteiger partial charge in [0, 0.05) is 30.8 Å². The van der Waals surface area contributed by atoms with Crippen molar-refractivity contribution in [3.8, 4) is 0 Å². The van der Waals surface area contributed by atoms with E-state index in [0.29, 0.717) is 31.8 Å². The highest BCUT2D eigenvalue weighted by Crippen LogP contribution is 2.61. The minimum absolute atomic E-state index is 0.180. The Bertz CT molecular complexity index is 975. The zero-order valence-electron chi connectivity index (χ0n) is 20.4. The highest BCUT2D eigenvalue weighted by molar-refractivity contribution is 5.97. The van der Waals surface area contributed by atoms with Crippen molar-refractivity contribution >= 4 is 11.9 Å². The van der Waals surface area contributed by atoms with Gasteiger partial charge in [-0.2, -0.15) is 0 Å². The number of aliphatic imine (C=N–C) groups is 1. The van der Waals surface area contributed by atoms with E-state index >= 15 is 0 Å². The van der Waals surface area contributed by atoms with Gasteiger partial charge in [-0.25, -0.2) is 9.79 Å². The fourth-order valence-corrected chi connectivity index (χ4v) is 5.68. The molecule has 2 aliphatic rings. The Morgan fingerprint density at radius 3 is 1.91 bits per heavy atom. The summed E-state index contributed by atoms with van der Waals surface area (Å²) in [6, 6.07) is 20.0. The van der Waals surface area contributed by atoms with Gasteiger partial charge in [0.2, 0.25) is 5.90 Å². The molecule has 2 aromatic rings. The number of esters is 1. The van der Waals surface area contributed by atoms with Crippen LogP contribution in [0.3, 0.4) is 0 Å². The van der Waals surface area contributed by atoms with Gasteiger partial charge in [0.05, 0.1) is 13.7 Å². The molecule has 0 radical (unpaired) electrons. The second kappa shape index (κ2) is 8.60. The molecular formula is C28H35NO4. The van der Waals surface area contributed by atoms with Crippen LogP contribution in [0.1, 0.15) is 44.7 Å². The average Bonchev–Trinajstić information content (AvgIpc) is 2.99. The maximum atomic E-state index is 14.0. The molecule has 0 saturated heterocycles. The Labute approximate surface area is 197 Å². The first-order chi connectivity index (χ1) is 15.7. The second-order valence-electron chi connectivity index (χ2n) is 10.3. The molecule has 1 heterocycles. The highest BCUT2D eigenvalue weighted by Gasteiger charge is 2.69. The van der Waals surface area contributed by atoms with Crippen LogP contribution in [-0.2, 0) is 31.8 Å². The number of hydrogen-bond acceptors (Lipinski definition) is 5. The number of methoxy groups -OCH3 is 2. The van der Waals surface area contributed by atoms with Gasteiger partial charge in [0.15, 0.2) is 11.1 Å². The van der Waals surface area contributed by atoms with Crippen LogP contribution in [0.5, 0.6) is 0 Å². The van der Waals surface area contributed by atoms with E-state index in [4.69, 9.17) is 19.2 Å². The number of ether oxygens (including phenoxy) is 3. The molecule has 1 aliphatic heterocycles. The van der Waals surface area contributed by atoms with E-state index in [9.17, 15) is 4.79 Å². The van der Waals surface area contributed by atoms with Crippen LogP contribution in [0.25, 0.3) is 0 Å². The largest absolute Gasteiger partial charge is 0.481 e. The minimum atomic E-state index is -1.09. The molecule has 1 spiro atoms. The molecule has 2 aromatic carbocycles. The van der Waals surface area contributed by atoms with Crippen LogP contribution in [0.4, 0.5) is 0 Å². The molecule has 0 bridgehead atoms. The molecular weight excluding hydrogens is 414 g/mol. The van der Waals surface area contributed by atoms with Crippen molar-refractivity contribution in [2.75, 3.05) is 20.8 Å². The molecule has 1 fully saturated rings. The lowest BCUT2D eigenvalue weighted by Gasteiger charge is -2.50. The topological polar surface area (TPSA) is 57.1 Å². The molecule has 1 saturated carbocycles. The molecule has 2 atom stereocenters. The average molecular weight is 450 g/mol. The van der Waals surface area contributed by atoms with E-state index in [2.05, 4.69) is 20.8 Å². The molecule has 0 N–H and O–H groups in total. The first kappa shape index (κ1) is 23.5. The van der Waals surface area contributed by atoms with Gasteiger partial charge in [-0.15, -0.1) is 0 Å². The predicted octanol–water partition coefficient (Wildman–Crippen LogP) is 5.02. The third-order valence-corrected chi connectivity index (χ3v) is 8.19. The molecule has 4 rings (SSSR count). The van der Waals surface area contributed by atoms with Gasteiger partial charge in [-0.1, -0.05) is 81.4 Å². The highest BCUT2D eigenvalue weighted by atomic mass is 16.6. The number of nitrogens with zero attached hydrogens (tertiary/aromatic N) is 1. The Morgan fingerprint density at radius 1 is 0.879 bits per heavy atom. The summed E-state index contributed by atoms with van der Waals surface area (Å²) < 4.78 is 18.0. The number of carbonyl (C=O) groups excluding carboxylic acids is 1. The fourth-order valence-electron chi connectivity index (χ4n) is 5.68. The van der Waals surface area contributed by atoms with Crippen LogP contribution in [0.15, 0.2) is 65.7 Å². The summed E-state index contributed by atoms with van der Waals surface area (Å²) in [4.78, 5) is 19.1. The number of hydrogen-bond donors (Lipinski definition) is 0. The lowest BCUT2D eigenvalue weighted by molar-refractivity contribution is -0.178. The molecule has 1 aliphatic carbocycles. The van der Waals surface area contributed by atoms with Crippen molar-refractivity contribution in [3.05, 3.63) is 71.8 Å². The smallest absolute Gasteiger partial charge is 0.335 e. The first-order valence-electron chi connectivity index (χ1n) is 11.7. The van der Waals surface area contributed by atoms with Crippen LogP contribution >= 0.6 is 0 Å².